The zero-order chi connectivity index (χ0) is 10.7. The van der Waals surface area contributed by atoms with Crippen LogP contribution in [0.25, 0.3) is 0 Å². The predicted molar refractivity (Wildman–Crippen MR) is 58.5 cm³/mol. The van der Waals surface area contributed by atoms with E-state index in [0.717, 1.165) is 11.1 Å². The maximum atomic E-state index is 5.99. The fraction of sp³-hybridized carbons (Fsp3) is 0.200. The Morgan fingerprint density at radius 3 is 2.93 bits per heavy atom. The van der Waals surface area contributed by atoms with Crippen molar-refractivity contribution in [3.05, 3.63) is 47.0 Å². The van der Waals surface area contributed by atoms with Crippen molar-refractivity contribution in [3.8, 4) is 0 Å². The van der Waals surface area contributed by atoms with Crippen LogP contribution in [0.1, 0.15) is 11.1 Å². The fourth-order valence-electron chi connectivity index (χ4n) is 1.31. The van der Waals surface area contributed by atoms with Crippen LogP contribution in [0.2, 0.25) is 5.02 Å². The van der Waals surface area contributed by atoms with Crippen molar-refractivity contribution in [1.29, 1.82) is 0 Å². The Kier molecular flexibility index (Phi) is 2.99. The molecule has 5 heteroatoms. The maximum absolute atomic E-state index is 5.99. The lowest BCUT2D eigenvalue weighted by Crippen LogP contribution is -2.01. The summed E-state index contributed by atoms with van der Waals surface area (Å²) in [6.45, 7) is 1.14. The summed E-state index contributed by atoms with van der Waals surface area (Å²) in [6.07, 6.45) is 7.02. The van der Waals surface area contributed by atoms with Gasteiger partial charge in [0.2, 0.25) is 0 Å². The first-order chi connectivity index (χ1) is 7.29. The molecule has 2 N–H and O–H groups in total. The summed E-state index contributed by atoms with van der Waals surface area (Å²) in [7, 11) is 0. The largest absolute Gasteiger partial charge is 0.326 e. The molecule has 0 aromatic carbocycles. The van der Waals surface area contributed by atoms with E-state index in [4.69, 9.17) is 17.3 Å². The number of hydrogen-bond acceptors (Lipinski definition) is 3. The number of pyridine rings is 1. The van der Waals surface area contributed by atoms with Crippen LogP contribution in [-0.4, -0.2) is 14.8 Å². The summed E-state index contributed by atoms with van der Waals surface area (Å²) >= 11 is 5.99. The van der Waals surface area contributed by atoms with Crippen molar-refractivity contribution >= 4 is 11.6 Å². The summed E-state index contributed by atoms with van der Waals surface area (Å²) in [5, 5.41) is 4.84. The average molecular weight is 223 g/mol. The number of aromatic nitrogens is 3. The van der Waals surface area contributed by atoms with Gasteiger partial charge in [-0.25, -0.2) is 0 Å². The van der Waals surface area contributed by atoms with Gasteiger partial charge in [0, 0.05) is 30.7 Å². The molecule has 0 atom stereocenters. The van der Waals surface area contributed by atoms with Gasteiger partial charge in [-0.3, -0.25) is 9.67 Å². The van der Waals surface area contributed by atoms with E-state index in [-0.39, 0.29) is 0 Å². The second-order valence-electron chi connectivity index (χ2n) is 3.22. The summed E-state index contributed by atoms with van der Waals surface area (Å²) in [6, 6.07) is 1.88. The quantitative estimate of drug-likeness (QED) is 0.855. The van der Waals surface area contributed by atoms with E-state index in [1.54, 1.807) is 18.6 Å². The summed E-state index contributed by atoms with van der Waals surface area (Å²) in [5.74, 6) is 0. The highest BCUT2D eigenvalue weighted by molar-refractivity contribution is 6.31. The minimum Gasteiger partial charge on any atom is -0.326 e. The minimum absolute atomic E-state index is 0.504. The third-order valence-electron chi connectivity index (χ3n) is 2.11. The van der Waals surface area contributed by atoms with E-state index in [1.807, 2.05) is 16.9 Å². The summed E-state index contributed by atoms with van der Waals surface area (Å²) in [4.78, 5) is 3.93. The molecule has 0 amide bonds. The second-order valence-corrected chi connectivity index (χ2v) is 3.62. The third-order valence-corrected chi connectivity index (χ3v) is 2.45. The molecule has 78 valence electrons. The van der Waals surface area contributed by atoms with Gasteiger partial charge in [0.05, 0.1) is 17.8 Å². The molecule has 15 heavy (non-hydrogen) atoms. The molecule has 0 saturated carbocycles. The first kappa shape index (κ1) is 10.1. The Bertz CT molecular complexity index is 452. The van der Waals surface area contributed by atoms with Gasteiger partial charge in [-0.15, -0.1) is 0 Å². The van der Waals surface area contributed by atoms with Crippen molar-refractivity contribution in [2.75, 3.05) is 0 Å². The lowest BCUT2D eigenvalue weighted by molar-refractivity contribution is 0.685. The van der Waals surface area contributed by atoms with Crippen molar-refractivity contribution in [3.63, 3.8) is 0 Å². The Labute approximate surface area is 92.7 Å². The van der Waals surface area contributed by atoms with E-state index in [9.17, 15) is 0 Å². The van der Waals surface area contributed by atoms with Crippen LogP contribution in [0.5, 0.6) is 0 Å². The molecule has 0 fully saturated rings. The number of halogens is 1. The molecule has 4 nitrogen and oxygen atoms in total. The number of rotatable bonds is 3. The van der Waals surface area contributed by atoms with Crippen LogP contribution in [0.4, 0.5) is 0 Å². The Balaban J connectivity index is 2.18. The van der Waals surface area contributed by atoms with Gasteiger partial charge in [0.1, 0.15) is 0 Å². The molecule has 2 aromatic heterocycles. The van der Waals surface area contributed by atoms with E-state index < -0.39 is 0 Å². The molecule has 0 radical (unpaired) electrons. The van der Waals surface area contributed by atoms with Gasteiger partial charge in [-0.1, -0.05) is 11.6 Å². The average Bonchev–Trinajstić information content (AvgIpc) is 2.69. The van der Waals surface area contributed by atoms with Gasteiger partial charge < -0.3 is 5.73 Å². The molecular weight excluding hydrogens is 212 g/mol. The van der Waals surface area contributed by atoms with Gasteiger partial charge in [-0.05, 0) is 11.6 Å². The molecule has 0 aliphatic heterocycles. The highest BCUT2D eigenvalue weighted by atomic mass is 35.5. The zero-order valence-electron chi connectivity index (χ0n) is 8.10. The van der Waals surface area contributed by atoms with Crippen molar-refractivity contribution < 1.29 is 0 Å². The molecule has 0 unspecified atom stereocenters. The van der Waals surface area contributed by atoms with E-state index >= 15 is 0 Å². The molecular formula is C10H11ClN4. The Morgan fingerprint density at radius 1 is 1.40 bits per heavy atom. The Morgan fingerprint density at radius 2 is 2.27 bits per heavy atom. The van der Waals surface area contributed by atoms with Crippen LogP contribution in [-0.2, 0) is 13.1 Å². The number of hydrogen-bond donors (Lipinski definition) is 1. The highest BCUT2D eigenvalue weighted by Gasteiger charge is 2.02. The van der Waals surface area contributed by atoms with E-state index in [0.29, 0.717) is 18.1 Å². The maximum Gasteiger partial charge on any atom is 0.0675 e. The van der Waals surface area contributed by atoms with Crippen LogP contribution in [0.15, 0.2) is 30.9 Å². The van der Waals surface area contributed by atoms with E-state index in [2.05, 4.69) is 10.1 Å². The van der Waals surface area contributed by atoms with Gasteiger partial charge in [0.25, 0.3) is 0 Å². The molecule has 2 heterocycles. The predicted octanol–water partition coefficient (Wildman–Crippen LogP) is 1.44. The monoisotopic (exact) mass is 222 g/mol. The van der Waals surface area contributed by atoms with Crippen molar-refractivity contribution in [2.24, 2.45) is 5.73 Å². The zero-order valence-corrected chi connectivity index (χ0v) is 8.85. The van der Waals surface area contributed by atoms with Gasteiger partial charge >= 0.3 is 0 Å². The lowest BCUT2D eigenvalue weighted by Gasteiger charge is -2.03. The fourth-order valence-corrected chi connectivity index (χ4v) is 1.48. The molecule has 0 bridgehead atoms. The Hall–Kier alpha value is -1.39. The SMILES string of the molecule is NCc1cnn(Cc2ccncc2Cl)c1. The first-order valence-corrected chi connectivity index (χ1v) is 4.97. The minimum atomic E-state index is 0.504. The molecule has 0 aliphatic carbocycles. The summed E-state index contributed by atoms with van der Waals surface area (Å²) < 4.78 is 1.81. The highest BCUT2D eigenvalue weighted by Crippen LogP contribution is 2.14. The normalized spacial score (nSPS) is 10.5. The van der Waals surface area contributed by atoms with Crippen LogP contribution >= 0.6 is 11.6 Å². The van der Waals surface area contributed by atoms with Crippen molar-refractivity contribution in [1.82, 2.24) is 14.8 Å². The standard InChI is InChI=1S/C10H11ClN4/c11-10-5-13-2-1-9(10)7-15-6-8(3-12)4-14-15/h1-2,4-6H,3,7,12H2. The topological polar surface area (TPSA) is 56.7 Å². The second kappa shape index (κ2) is 4.42. The van der Waals surface area contributed by atoms with E-state index in [1.165, 1.54) is 0 Å². The van der Waals surface area contributed by atoms with Gasteiger partial charge in [0.15, 0.2) is 0 Å². The van der Waals surface area contributed by atoms with Crippen LogP contribution in [0, 0.1) is 0 Å². The summed E-state index contributed by atoms with van der Waals surface area (Å²) in [5.41, 5.74) is 7.51. The first-order valence-electron chi connectivity index (χ1n) is 4.59. The molecule has 0 spiro atoms. The molecule has 0 aliphatic rings. The third kappa shape index (κ3) is 2.34. The van der Waals surface area contributed by atoms with Crippen LogP contribution < -0.4 is 5.73 Å². The molecule has 0 saturated heterocycles. The molecule has 2 aromatic rings. The lowest BCUT2D eigenvalue weighted by atomic mass is 10.3. The molecule has 2 rings (SSSR count). The van der Waals surface area contributed by atoms with Crippen molar-refractivity contribution in [2.45, 2.75) is 13.1 Å². The smallest absolute Gasteiger partial charge is 0.0675 e. The number of nitrogens with two attached hydrogens (primary N) is 1. The van der Waals surface area contributed by atoms with Crippen LogP contribution in [0.3, 0.4) is 0 Å². The van der Waals surface area contributed by atoms with Gasteiger partial charge in [-0.2, -0.15) is 5.10 Å². The number of nitrogens with zero attached hydrogens (tertiary/aromatic N) is 3.